The number of piperazine rings is 1. The number of imide groups is 1. The molecule has 0 bridgehead atoms. The number of allylic oxidation sites excluding steroid dienone is 1. The second kappa shape index (κ2) is 12.1. The number of hydrogen-bond donors (Lipinski definition) is 3. The zero-order valence-electron chi connectivity index (χ0n) is 21.9. The number of urea groups is 2. The maximum atomic E-state index is 14.1. The molecule has 0 radical (unpaired) electrons. The van der Waals surface area contributed by atoms with Crippen LogP contribution in [0.4, 0.5) is 29.7 Å². The van der Waals surface area contributed by atoms with Gasteiger partial charge in [0.25, 0.3) is 0 Å². The fourth-order valence-electron chi connectivity index (χ4n) is 4.89. The second-order valence-corrected chi connectivity index (χ2v) is 9.38. The number of benzene rings is 2. The summed E-state index contributed by atoms with van der Waals surface area (Å²) in [5, 5.41) is 5.19. The smallest absolute Gasteiger partial charge is 0.337 e. The van der Waals surface area contributed by atoms with Crippen molar-refractivity contribution in [3.05, 3.63) is 70.9 Å². The SMILES string of the molecule is COC(=O)C1=C(C)NC(=O)N(C(=O)NCCCN2CCN(c3ccccc3N)CC2)C1c1ccc(F)c(F)c1. The maximum Gasteiger partial charge on any atom is 0.337 e. The van der Waals surface area contributed by atoms with Crippen molar-refractivity contribution < 1.29 is 27.9 Å². The number of nitrogens with two attached hydrogens (primary N) is 1. The molecule has 2 aromatic rings. The molecule has 10 nitrogen and oxygen atoms in total. The third-order valence-electron chi connectivity index (χ3n) is 6.91. The first-order chi connectivity index (χ1) is 18.7. The highest BCUT2D eigenvalue weighted by atomic mass is 19.2. The number of methoxy groups -OCH3 is 1. The number of esters is 1. The van der Waals surface area contributed by atoms with E-state index in [4.69, 9.17) is 10.5 Å². The third-order valence-corrected chi connectivity index (χ3v) is 6.91. The number of para-hydroxylation sites is 2. The summed E-state index contributed by atoms with van der Waals surface area (Å²) in [4.78, 5) is 43.9. The number of hydrogen-bond acceptors (Lipinski definition) is 7. The Balaban J connectivity index is 1.38. The van der Waals surface area contributed by atoms with E-state index in [2.05, 4.69) is 20.4 Å². The maximum absolute atomic E-state index is 14.1. The van der Waals surface area contributed by atoms with E-state index in [1.165, 1.54) is 13.0 Å². The quantitative estimate of drug-likeness (QED) is 0.280. The monoisotopic (exact) mass is 542 g/mol. The number of nitrogen functional groups attached to an aromatic ring is 1. The number of amides is 4. The predicted octanol–water partition coefficient (Wildman–Crippen LogP) is 2.98. The first kappa shape index (κ1) is 27.8. The Morgan fingerprint density at radius 2 is 1.82 bits per heavy atom. The Bertz CT molecular complexity index is 1280. The fraction of sp³-hybridized carbons (Fsp3) is 0.370. The summed E-state index contributed by atoms with van der Waals surface area (Å²) in [6, 6.07) is 7.84. The Morgan fingerprint density at radius 3 is 2.49 bits per heavy atom. The van der Waals surface area contributed by atoms with Crippen LogP contribution in [0.1, 0.15) is 24.9 Å². The molecule has 2 aliphatic rings. The lowest BCUT2D eigenvalue weighted by Gasteiger charge is -2.37. The molecule has 39 heavy (non-hydrogen) atoms. The molecule has 2 aromatic carbocycles. The Kier molecular flexibility index (Phi) is 8.65. The molecule has 12 heteroatoms. The van der Waals surface area contributed by atoms with Crippen molar-refractivity contribution in [3.63, 3.8) is 0 Å². The molecule has 1 unspecified atom stereocenters. The molecule has 208 valence electrons. The van der Waals surface area contributed by atoms with Gasteiger partial charge in [0.05, 0.1) is 24.1 Å². The van der Waals surface area contributed by atoms with E-state index in [9.17, 15) is 23.2 Å². The average molecular weight is 543 g/mol. The van der Waals surface area contributed by atoms with Crippen LogP contribution < -0.4 is 21.3 Å². The summed E-state index contributed by atoms with van der Waals surface area (Å²) in [6.07, 6.45) is 0.614. The summed E-state index contributed by atoms with van der Waals surface area (Å²) in [7, 11) is 1.15. The van der Waals surface area contributed by atoms with Crippen LogP contribution in [0.25, 0.3) is 0 Å². The molecule has 2 aliphatic heterocycles. The minimum atomic E-state index is -1.31. The van der Waals surface area contributed by atoms with Crippen LogP contribution in [0, 0.1) is 11.6 Å². The molecule has 0 aliphatic carbocycles. The number of anilines is 2. The number of carbonyl (C=O) groups excluding carboxylic acids is 3. The van der Waals surface area contributed by atoms with E-state index < -0.39 is 35.7 Å². The van der Waals surface area contributed by atoms with Crippen LogP contribution >= 0.6 is 0 Å². The van der Waals surface area contributed by atoms with Gasteiger partial charge in [-0.3, -0.25) is 4.90 Å². The first-order valence-electron chi connectivity index (χ1n) is 12.6. The number of ether oxygens (including phenoxy) is 1. The Hall–Kier alpha value is -4.19. The summed E-state index contributed by atoms with van der Waals surface area (Å²) >= 11 is 0. The summed E-state index contributed by atoms with van der Waals surface area (Å²) in [5.74, 6) is -3.07. The van der Waals surface area contributed by atoms with Crippen molar-refractivity contribution in [1.29, 1.82) is 0 Å². The van der Waals surface area contributed by atoms with Gasteiger partial charge in [-0.05, 0) is 49.7 Å². The minimum Gasteiger partial charge on any atom is -0.466 e. The fourth-order valence-corrected chi connectivity index (χ4v) is 4.89. The highest BCUT2D eigenvalue weighted by molar-refractivity contribution is 6.01. The number of rotatable bonds is 7. The number of carbonyl (C=O) groups is 3. The average Bonchev–Trinajstić information content (AvgIpc) is 2.92. The molecule has 0 saturated carbocycles. The van der Waals surface area contributed by atoms with Gasteiger partial charge in [0.2, 0.25) is 0 Å². The highest BCUT2D eigenvalue weighted by Gasteiger charge is 2.42. The van der Waals surface area contributed by atoms with Gasteiger partial charge < -0.3 is 26.0 Å². The van der Waals surface area contributed by atoms with Gasteiger partial charge in [0.1, 0.15) is 6.04 Å². The summed E-state index contributed by atoms with van der Waals surface area (Å²) in [6.45, 7) is 5.78. The molecule has 4 amide bonds. The lowest BCUT2D eigenvalue weighted by atomic mass is 9.94. The number of halogens is 2. The molecule has 0 aromatic heterocycles. The molecule has 1 fully saturated rings. The summed E-state index contributed by atoms with van der Waals surface area (Å²) in [5.41, 5.74) is 8.01. The van der Waals surface area contributed by atoms with Crippen molar-refractivity contribution in [2.24, 2.45) is 0 Å². The molecular weight excluding hydrogens is 510 g/mol. The van der Waals surface area contributed by atoms with E-state index in [0.717, 1.165) is 68.2 Å². The van der Waals surface area contributed by atoms with Crippen LogP contribution in [0.3, 0.4) is 0 Å². The highest BCUT2D eigenvalue weighted by Crippen LogP contribution is 2.35. The standard InChI is InChI=1S/C27H32F2N6O4/c1-17-23(25(36)39-2)24(18-8-9-19(28)20(29)16-18)35(27(38)32-17)26(37)31-10-5-11-33-12-14-34(15-13-33)22-7-4-3-6-21(22)30/h3-4,6-9,16,24H,5,10-15,30H2,1-2H3,(H,31,37)(H,32,38). The molecule has 1 saturated heterocycles. The van der Waals surface area contributed by atoms with Gasteiger partial charge in [-0.15, -0.1) is 0 Å². The normalized spacial score (nSPS) is 18.2. The van der Waals surface area contributed by atoms with E-state index >= 15 is 0 Å². The Labute approximate surface area is 225 Å². The van der Waals surface area contributed by atoms with Crippen LogP contribution in [0.5, 0.6) is 0 Å². The van der Waals surface area contributed by atoms with Crippen LogP contribution in [-0.4, -0.2) is 74.2 Å². The molecule has 1 atom stereocenters. The van der Waals surface area contributed by atoms with Gasteiger partial charge >= 0.3 is 18.0 Å². The predicted molar refractivity (Wildman–Crippen MR) is 142 cm³/mol. The van der Waals surface area contributed by atoms with E-state index in [-0.39, 0.29) is 23.4 Å². The van der Waals surface area contributed by atoms with Crippen LogP contribution in [0.15, 0.2) is 53.7 Å². The molecule has 4 N–H and O–H groups in total. The lowest BCUT2D eigenvalue weighted by Crippen LogP contribution is -2.54. The van der Waals surface area contributed by atoms with Crippen molar-refractivity contribution in [1.82, 2.24) is 20.4 Å². The van der Waals surface area contributed by atoms with Crippen molar-refractivity contribution in [3.8, 4) is 0 Å². The molecule has 4 rings (SSSR count). The zero-order chi connectivity index (χ0) is 28.1. The number of nitrogens with one attached hydrogen (secondary N) is 2. The summed E-state index contributed by atoms with van der Waals surface area (Å²) < 4.78 is 32.6. The first-order valence-corrected chi connectivity index (χ1v) is 12.6. The van der Waals surface area contributed by atoms with Gasteiger partial charge in [-0.1, -0.05) is 18.2 Å². The zero-order valence-corrected chi connectivity index (χ0v) is 21.9. The third kappa shape index (κ3) is 6.11. The van der Waals surface area contributed by atoms with Crippen molar-refractivity contribution >= 4 is 29.4 Å². The van der Waals surface area contributed by atoms with E-state index in [1.54, 1.807) is 0 Å². The van der Waals surface area contributed by atoms with E-state index in [0.29, 0.717) is 6.42 Å². The number of nitrogens with zero attached hydrogens (tertiary/aromatic N) is 3. The van der Waals surface area contributed by atoms with Crippen molar-refractivity contribution in [2.45, 2.75) is 19.4 Å². The van der Waals surface area contributed by atoms with Crippen LogP contribution in [-0.2, 0) is 9.53 Å². The van der Waals surface area contributed by atoms with Gasteiger partial charge in [0.15, 0.2) is 11.6 Å². The molecule has 2 heterocycles. The van der Waals surface area contributed by atoms with Crippen LogP contribution in [0.2, 0.25) is 0 Å². The van der Waals surface area contributed by atoms with E-state index in [1.807, 2.05) is 24.3 Å². The molecular formula is C27H32F2N6O4. The second-order valence-electron chi connectivity index (χ2n) is 9.38. The van der Waals surface area contributed by atoms with Gasteiger partial charge in [-0.2, -0.15) is 0 Å². The van der Waals surface area contributed by atoms with Crippen molar-refractivity contribution in [2.75, 3.05) is 57.0 Å². The topological polar surface area (TPSA) is 120 Å². The lowest BCUT2D eigenvalue weighted by molar-refractivity contribution is -0.136. The largest absolute Gasteiger partial charge is 0.466 e. The van der Waals surface area contributed by atoms with Gasteiger partial charge in [0, 0.05) is 38.4 Å². The minimum absolute atomic E-state index is 0.0515. The van der Waals surface area contributed by atoms with Gasteiger partial charge in [-0.25, -0.2) is 28.1 Å². The molecule has 0 spiro atoms. The Morgan fingerprint density at radius 1 is 1.10 bits per heavy atom.